The first-order valence-electron chi connectivity index (χ1n) is 5.81. The van der Waals surface area contributed by atoms with Crippen LogP contribution >= 0.6 is 27.9 Å². The molecule has 96 valence electrons. The second kappa shape index (κ2) is 8.91. The van der Waals surface area contributed by atoms with Gasteiger partial charge in [-0.15, -0.1) is 0 Å². The standard InChI is InChI=1S/C12H19BrN2OS/c1-3-16-6-5-15(17-4-2)10-11-7-12(13)9-14-8-11/h7-9H,3-6,10H2,1-2H3. The fourth-order valence-corrected chi connectivity index (χ4v) is 2.65. The number of ether oxygens (including phenoxy) is 1. The van der Waals surface area contributed by atoms with Crippen molar-refractivity contribution in [2.24, 2.45) is 0 Å². The molecule has 5 heteroatoms. The molecule has 1 heterocycles. The SMILES string of the molecule is CCOCCN(Cc1cncc(Br)c1)SCC. The van der Waals surface area contributed by atoms with Gasteiger partial charge in [0.25, 0.3) is 0 Å². The number of halogens is 1. The van der Waals surface area contributed by atoms with Crippen molar-refractivity contribution in [1.29, 1.82) is 0 Å². The third-order valence-electron chi connectivity index (χ3n) is 2.12. The Kier molecular flexibility index (Phi) is 7.84. The molecule has 3 nitrogen and oxygen atoms in total. The van der Waals surface area contributed by atoms with Crippen molar-refractivity contribution in [1.82, 2.24) is 9.29 Å². The molecule has 0 aliphatic rings. The van der Waals surface area contributed by atoms with Crippen LogP contribution in [0.1, 0.15) is 19.4 Å². The Morgan fingerprint density at radius 1 is 1.41 bits per heavy atom. The fourth-order valence-electron chi connectivity index (χ4n) is 1.43. The molecule has 0 spiro atoms. The molecule has 17 heavy (non-hydrogen) atoms. The number of hydrogen-bond acceptors (Lipinski definition) is 4. The van der Waals surface area contributed by atoms with Crippen LogP contribution in [0.4, 0.5) is 0 Å². The Bertz CT molecular complexity index is 325. The zero-order valence-electron chi connectivity index (χ0n) is 10.4. The van der Waals surface area contributed by atoms with Crippen molar-refractivity contribution in [2.45, 2.75) is 20.4 Å². The lowest BCUT2D eigenvalue weighted by Gasteiger charge is -2.20. The van der Waals surface area contributed by atoms with Gasteiger partial charge in [-0.05, 0) is 34.5 Å². The van der Waals surface area contributed by atoms with Gasteiger partial charge < -0.3 is 4.74 Å². The average Bonchev–Trinajstić information content (AvgIpc) is 2.29. The van der Waals surface area contributed by atoms with E-state index < -0.39 is 0 Å². The van der Waals surface area contributed by atoms with Crippen molar-refractivity contribution < 1.29 is 4.74 Å². The van der Waals surface area contributed by atoms with Gasteiger partial charge in [0.15, 0.2) is 0 Å². The topological polar surface area (TPSA) is 25.4 Å². The molecule has 0 N–H and O–H groups in total. The quantitative estimate of drug-likeness (QED) is 0.542. The predicted molar refractivity (Wildman–Crippen MR) is 77.0 cm³/mol. The highest BCUT2D eigenvalue weighted by atomic mass is 79.9. The molecule has 0 unspecified atom stereocenters. The Morgan fingerprint density at radius 3 is 2.88 bits per heavy atom. The molecule has 0 bridgehead atoms. The summed E-state index contributed by atoms with van der Waals surface area (Å²) in [6, 6.07) is 2.11. The van der Waals surface area contributed by atoms with E-state index in [0.717, 1.165) is 36.5 Å². The van der Waals surface area contributed by atoms with Crippen LogP contribution in [0.5, 0.6) is 0 Å². The van der Waals surface area contributed by atoms with Crippen LogP contribution in [0.3, 0.4) is 0 Å². The summed E-state index contributed by atoms with van der Waals surface area (Å²) >= 11 is 5.28. The maximum absolute atomic E-state index is 5.39. The molecular formula is C12H19BrN2OS. The van der Waals surface area contributed by atoms with Gasteiger partial charge in [0.05, 0.1) is 6.61 Å². The van der Waals surface area contributed by atoms with E-state index in [1.807, 2.05) is 25.1 Å². The summed E-state index contributed by atoms with van der Waals surface area (Å²) in [5.41, 5.74) is 1.22. The van der Waals surface area contributed by atoms with E-state index in [2.05, 4.69) is 38.2 Å². The van der Waals surface area contributed by atoms with E-state index in [0.29, 0.717) is 0 Å². The second-order valence-corrected chi connectivity index (χ2v) is 5.76. The van der Waals surface area contributed by atoms with E-state index >= 15 is 0 Å². The zero-order chi connectivity index (χ0) is 12.5. The van der Waals surface area contributed by atoms with Gasteiger partial charge in [-0.3, -0.25) is 4.98 Å². The maximum Gasteiger partial charge on any atom is 0.0602 e. The summed E-state index contributed by atoms with van der Waals surface area (Å²) < 4.78 is 8.74. The molecule has 0 fully saturated rings. The molecule has 0 atom stereocenters. The van der Waals surface area contributed by atoms with E-state index in [1.165, 1.54) is 5.56 Å². The first kappa shape index (κ1) is 15.0. The lowest BCUT2D eigenvalue weighted by molar-refractivity contribution is 0.136. The van der Waals surface area contributed by atoms with Crippen molar-refractivity contribution in [3.8, 4) is 0 Å². The molecule has 0 aliphatic carbocycles. The van der Waals surface area contributed by atoms with Crippen molar-refractivity contribution >= 4 is 27.9 Å². The molecule has 0 radical (unpaired) electrons. The third-order valence-corrected chi connectivity index (χ3v) is 3.49. The summed E-state index contributed by atoms with van der Waals surface area (Å²) in [7, 11) is 0. The van der Waals surface area contributed by atoms with E-state index in [4.69, 9.17) is 4.74 Å². The lowest BCUT2D eigenvalue weighted by atomic mass is 10.3. The van der Waals surface area contributed by atoms with Crippen molar-refractivity contribution in [3.63, 3.8) is 0 Å². The van der Waals surface area contributed by atoms with E-state index in [-0.39, 0.29) is 0 Å². The van der Waals surface area contributed by atoms with Crippen LogP contribution in [0.25, 0.3) is 0 Å². The normalized spacial score (nSPS) is 11.1. The number of pyridine rings is 1. The van der Waals surface area contributed by atoms with Gasteiger partial charge in [0.2, 0.25) is 0 Å². The lowest BCUT2D eigenvalue weighted by Crippen LogP contribution is -2.21. The van der Waals surface area contributed by atoms with Crippen LogP contribution in [0, 0.1) is 0 Å². The monoisotopic (exact) mass is 318 g/mol. The van der Waals surface area contributed by atoms with Crippen molar-refractivity contribution in [3.05, 3.63) is 28.5 Å². The largest absolute Gasteiger partial charge is 0.380 e. The summed E-state index contributed by atoms with van der Waals surface area (Å²) in [5, 5.41) is 0. The average molecular weight is 319 g/mol. The number of rotatable bonds is 8. The second-order valence-electron chi connectivity index (χ2n) is 3.49. The molecular weight excluding hydrogens is 300 g/mol. The smallest absolute Gasteiger partial charge is 0.0602 e. The summed E-state index contributed by atoms with van der Waals surface area (Å²) in [4.78, 5) is 4.18. The Balaban J connectivity index is 2.47. The Morgan fingerprint density at radius 2 is 2.24 bits per heavy atom. The van der Waals surface area contributed by atoms with E-state index in [9.17, 15) is 0 Å². The van der Waals surface area contributed by atoms with Gasteiger partial charge in [0, 0.05) is 42.3 Å². The third kappa shape index (κ3) is 6.41. The molecule has 0 amide bonds. The molecule has 0 aliphatic heterocycles. The maximum atomic E-state index is 5.39. The molecule has 1 aromatic rings. The minimum Gasteiger partial charge on any atom is -0.380 e. The molecule has 0 saturated heterocycles. The van der Waals surface area contributed by atoms with Gasteiger partial charge in [0.1, 0.15) is 0 Å². The van der Waals surface area contributed by atoms with Crippen LogP contribution in [0.15, 0.2) is 22.9 Å². The van der Waals surface area contributed by atoms with Crippen LogP contribution < -0.4 is 0 Å². The van der Waals surface area contributed by atoms with Crippen LogP contribution in [-0.2, 0) is 11.3 Å². The zero-order valence-corrected chi connectivity index (χ0v) is 12.8. The first-order valence-corrected chi connectivity index (χ1v) is 7.54. The number of hydrogen-bond donors (Lipinski definition) is 0. The Hall–Kier alpha value is -0.100. The predicted octanol–water partition coefficient (Wildman–Crippen LogP) is 3.35. The number of nitrogens with zero attached hydrogens (tertiary/aromatic N) is 2. The highest BCUT2D eigenvalue weighted by Crippen LogP contribution is 2.16. The summed E-state index contributed by atoms with van der Waals surface area (Å²) in [6.07, 6.45) is 3.72. The number of aromatic nitrogens is 1. The highest BCUT2D eigenvalue weighted by Gasteiger charge is 2.06. The first-order chi connectivity index (χ1) is 8.26. The minimum atomic E-state index is 0.781. The van der Waals surface area contributed by atoms with Gasteiger partial charge in [-0.2, -0.15) is 0 Å². The molecule has 0 saturated carbocycles. The van der Waals surface area contributed by atoms with E-state index in [1.54, 1.807) is 6.20 Å². The minimum absolute atomic E-state index is 0.781. The Labute approximate surface area is 116 Å². The van der Waals surface area contributed by atoms with Crippen LogP contribution in [-0.4, -0.2) is 34.8 Å². The molecule has 1 aromatic heterocycles. The fraction of sp³-hybridized carbons (Fsp3) is 0.583. The molecule has 0 aromatic carbocycles. The molecule has 1 rings (SSSR count). The summed E-state index contributed by atoms with van der Waals surface area (Å²) in [5.74, 6) is 1.08. The van der Waals surface area contributed by atoms with Crippen molar-refractivity contribution in [2.75, 3.05) is 25.5 Å². The van der Waals surface area contributed by atoms with Gasteiger partial charge in [-0.1, -0.05) is 18.9 Å². The highest BCUT2D eigenvalue weighted by molar-refractivity contribution is 9.10. The van der Waals surface area contributed by atoms with Gasteiger partial charge in [-0.25, -0.2) is 4.31 Å². The van der Waals surface area contributed by atoms with Crippen LogP contribution in [0.2, 0.25) is 0 Å². The van der Waals surface area contributed by atoms with Gasteiger partial charge >= 0.3 is 0 Å². The summed E-state index contributed by atoms with van der Waals surface area (Å²) in [6.45, 7) is 7.60.